The van der Waals surface area contributed by atoms with Crippen molar-refractivity contribution in [3.63, 3.8) is 0 Å². The van der Waals surface area contributed by atoms with Crippen LogP contribution in [-0.2, 0) is 26.0 Å². The third kappa shape index (κ3) is 6.02. The number of nitrogens with zero attached hydrogens (tertiary/aromatic N) is 2. The summed E-state index contributed by atoms with van der Waals surface area (Å²) in [4.78, 5) is 26.6. The van der Waals surface area contributed by atoms with E-state index in [1.807, 2.05) is 6.92 Å². The van der Waals surface area contributed by atoms with Crippen LogP contribution in [0.1, 0.15) is 18.9 Å². The molecule has 0 aromatic heterocycles. The smallest absolute Gasteiger partial charge is 0.284 e. The first kappa shape index (κ1) is 24.5. The van der Waals surface area contributed by atoms with Gasteiger partial charge in [-0.3, -0.25) is 14.5 Å². The minimum absolute atomic E-state index is 0.0294. The van der Waals surface area contributed by atoms with E-state index in [1.54, 1.807) is 43.5 Å². The van der Waals surface area contributed by atoms with Gasteiger partial charge in [0.2, 0.25) is 11.8 Å². The third-order valence-corrected chi connectivity index (χ3v) is 7.48. The lowest BCUT2D eigenvalue weighted by Crippen LogP contribution is -2.33. The molecule has 8 nitrogen and oxygen atoms in total. The van der Waals surface area contributed by atoms with E-state index in [2.05, 4.69) is 16.3 Å². The van der Waals surface area contributed by atoms with Crippen molar-refractivity contribution >= 4 is 44.5 Å². The van der Waals surface area contributed by atoms with E-state index < -0.39 is 15.3 Å². The third-order valence-electron chi connectivity index (χ3n) is 4.90. The van der Waals surface area contributed by atoms with Crippen LogP contribution >= 0.6 is 11.8 Å². The number of methoxy groups -OCH3 is 1. The second-order valence-electron chi connectivity index (χ2n) is 7.17. The topological polar surface area (TPSA) is 105 Å². The molecule has 2 aromatic rings. The van der Waals surface area contributed by atoms with Gasteiger partial charge >= 0.3 is 0 Å². The van der Waals surface area contributed by atoms with Crippen molar-refractivity contribution in [1.82, 2.24) is 4.90 Å². The zero-order valence-corrected chi connectivity index (χ0v) is 20.0. The van der Waals surface area contributed by atoms with Crippen LogP contribution < -0.4 is 10.1 Å². The Morgan fingerprint density at radius 1 is 1.21 bits per heavy atom. The van der Waals surface area contributed by atoms with Gasteiger partial charge < -0.3 is 10.1 Å². The summed E-state index contributed by atoms with van der Waals surface area (Å²) < 4.78 is 34.6. The first-order chi connectivity index (χ1) is 15.8. The number of rotatable bonds is 9. The number of sulfonamides is 1. The normalized spacial score (nSPS) is 17.3. The van der Waals surface area contributed by atoms with E-state index in [9.17, 15) is 18.0 Å². The predicted molar refractivity (Wildman–Crippen MR) is 130 cm³/mol. The van der Waals surface area contributed by atoms with Crippen molar-refractivity contribution in [2.45, 2.75) is 29.9 Å². The highest BCUT2D eigenvalue weighted by Gasteiger charge is 2.39. The van der Waals surface area contributed by atoms with Gasteiger partial charge in [0.05, 0.1) is 12.0 Å². The second-order valence-corrected chi connectivity index (χ2v) is 9.95. The lowest BCUT2D eigenvalue weighted by atomic mass is 10.2. The standard InChI is InChI=1S/C23H25N3O5S2/c1-4-14-26-22(28)20(15-21(27)24-17-8-10-18(31-3)11-9-17)32-23(26)25-33(29,30)19-12-6-16(5-2)7-13-19/h4,6-13,20H,1,5,14-15H2,2-3H3,(H,24,27)/b25-23+. The minimum atomic E-state index is -4.02. The molecule has 2 aromatic carbocycles. The molecule has 2 amide bonds. The van der Waals surface area contributed by atoms with Gasteiger partial charge in [-0.25, -0.2) is 0 Å². The van der Waals surface area contributed by atoms with Gasteiger partial charge in [0, 0.05) is 18.7 Å². The van der Waals surface area contributed by atoms with E-state index >= 15 is 0 Å². The summed E-state index contributed by atoms with van der Waals surface area (Å²) in [5, 5.41) is 1.97. The second kappa shape index (κ2) is 10.7. The molecule has 1 N–H and O–H groups in total. The van der Waals surface area contributed by atoms with Crippen molar-refractivity contribution in [2.24, 2.45) is 4.40 Å². The fourth-order valence-electron chi connectivity index (χ4n) is 3.11. The highest BCUT2D eigenvalue weighted by molar-refractivity contribution is 8.16. The first-order valence-corrected chi connectivity index (χ1v) is 12.6. The van der Waals surface area contributed by atoms with Crippen molar-refractivity contribution in [3.05, 3.63) is 66.7 Å². The number of aryl methyl sites for hydroxylation is 1. The fraction of sp³-hybridized carbons (Fsp3) is 0.261. The molecule has 1 heterocycles. The molecule has 33 heavy (non-hydrogen) atoms. The van der Waals surface area contributed by atoms with Crippen LogP contribution in [0.4, 0.5) is 5.69 Å². The van der Waals surface area contributed by atoms with Gasteiger partial charge in [0.25, 0.3) is 10.0 Å². The number of benzene rings is 2. The maximum absolute atomic E-state index is 12.9. The number of amidine groups is 1. The average Bonchev–Trinajstić information content (AvgIpc) is 3.08. The fourth-order valence-corrected chi connectivity index (χ4v) is 5.48. The van der Waals surface area contributed by atoms with Crippen LogP contribution in [0.5, 0.6) is 5.75 Å². The van der Waals surface area contributed by atoms with Gasteiger partial charge in [-0.15, -0.1) is 11.0 Å². The van der Waals surface area contributed by atoms with Gasteiger partial charge in [-0.2, -0.15) is 8.42 Å². The minimum Gasteiger partial charge on any atom is -0.497 e. The number of hydrogen-bond donors (Lipinski definition) is 1. The van der Waals surface area contributed by atoms with Crippen LogP contribution in [0.3, 0.4) is 0 Å². The SMILES string of the molecule is C=CCN1C(=O)C(CC(=O)Nc2ccc(OC)cc2)S/C1=N/S(=O)(=O)c1ccc(CC)cc1. The van der Waals surface area contributed by atoms with E-state index in [4.69, 9.17) is 4.74 Å². The molecule has 1 aliphatic rings. The number of carbonyl (C=O) groups excluding carboxylic acids is 2. The molecular weight excluding hydrogens is 462 g/mol. The number of thioether (sulfide) groups is 1. The van der Waals surface area contributed by atoms with Crippen LogP contribution in [0.15, 0.2) is 70.5 Å². The summed E-state index contributed by atoms with van der Waals surface area (Å²) in [6.07, 6.45) is 2.14. The summed E-state index contributed by atoms with van der Waals surface area (Å²) in [5.74, 6) is -0.107. The molecule has 10 heteroatoms. The molecule has 1 aliphatic heterocycles. The molecule has 1 fully saturated rings. The largest absolute Gasteiger partial charge is 0.497 e. The molecule has 0 aliphatic carbocycles. The number of anilines is 1. The quantitative estimate of drug-likeness (QED) is 0.543. The molecular formula is C23H25N3O5S2. The molecule has 0 radical (unpaired) electrons. The van der Waals surface area contributed by atoms with Crippen molar-refractivity contribution in [2.75, 3.05) is 19.0 Å². The molecule has 174 valence electrons. The van der Waals surface area contributed by atoms with Crippen LogP contribution in [0.25, 0.3) is 0 Å². The Hall–Kier alpha value is -3.11. The Labute approximate surface area is 197 Å². The Balaban J connectivity index is 1.76. The number of hydrogen-bond acceptors (Lipinski definition) is 6. The van der Waals surface area contributed by atoms with Gasteiger partial charge in [0.15, 0.2) is 5.17 Å². The van der Waals surface area contributed by atoms with E-state index in [-0.39, 0.29) is 34.8 Å². The van der Waals surface area contributed by atoms with Crippen LogP contribution in [-0.4, -0.2) is 49.2 Å². The number of amides is 2. The van der Waals surface area contributed by atoms with Crippen molar-refractivity contribution in [1.29, 1.82) is 0 Å². The summed E-state index contributed by atoms with van der Waals surface area (Å²) >= 11 is 0.960. The molecule has 1 saturated heterocycles. The van der Waals surface area contributed by atoms with Gasteiger partial charge in [0.1, 0.15) is 11.0 Å². The van der Waals surface area contributed by atoms with Gasteiger partial charge in [-0.05, 0) is 48.4 Å². The van der Waals surface area contributed by atoms with E-state index in [0.717, 1.165) is 23.7 Å². The lowest BCUT2D eigenvalue weighted by molar-refractivity contribution is -0.127. The maximum atomic E-state index is 12.9. The Kier molecular flexibility index (Phi) is 7.93. The predicted octanol–water partition coefficient (Wildman–Crippen LogP) is 3.46. The average molecular weight is 488 g/mol. The van der Waals surface area contributed by atoms with E-state index in [0.29, 0.717) is 11.4 Å². The molecule has 1 unspecified atom stereocenters. The first-order valence-electron chi connectivity index (χ1n) is 10.2. The summed E-state index contributed by atoms with van der Waals surface area (Å²) in [5.41, 5.74) is 1.56. The molecule has 0 spiro atoms. The lowest BCUT2D eigenvalue weighted by Gasteiger charge is -2.13. The van der Waals surface area contributed by atoms with Crippen LogP contribution in [0, 0.1) is 0 Å². The Morgan fingerprint density at radius 2 is 1.88 bits per heavy atom. The zero-order chi connectivity index (χ0) is 24.0. The van der Waals surface area contributed by atoms with Crippen LogP contribution in [0.2, 0.25) is 0 Å². The Morgan fingerprint density at radius 3 is 2.45 bits per heavy atom. The number of carbonyl (C=O) groups is 2. The number of ether oxygens (including phenoxy) is 1. The highest BCUT2D eigenvalue weighted by Crippen LogP contribution is 2.31. The monoisotopic (exact) mass is 487 g/mol. The molecule has 3 rings (SSSR count). The number of nitrogens with one attached hydrogen (secondary N) is 1. The van der Waals surface area contributed by atoms with Gasteiger partial charge in [-0.1, -0.05) is 36.9 Å². The van der Waals surface area contributed by atoms with Crippen molar-refractivity contribution in [3.8, 4) is 5.75 Å². The summed E-state index contributed by atoms with van der Waals surface area (Å²) in [6.45, 7) is 5.69. The highest BCUT2D eigenvalue weighted by atomic mass is 32.2. The molecule has 1 atom stereocenters. The maximum Gasteiger partial charge on any atom is 0.284 e. The summed E-state index contributed by atoms with van der Waals surface area (Å²) in [6, 6.07) is 13.2. The summed E-state index contributed by atoms with van der Waals surface area (Å²) in [7, 11) is -2.48. The van der Waals surface area contributed by atoms with E-state index in [1.165, 1.54) is 23.1 Å². The van der Waals surface area contributed by atoms with Crippen molar-refractivity contribution < 1.29 is 22.7 Å². The molecule has 0 bridgehead atoms. The molecule has 0 saturated carbocycles. The Bertz CT molecular complexity index is 1160. The zero-order valence-electron chi connectivity index (χ0n) is 18.4.